The van der Waals surface area contributed by atoms with Crippen LogP contribution in [-0.4, -0.2) is 32.5 Å². The van der Waals surface area contributed by atoms with Crippen LogP contribution in [0.25, 0.3) is 0 Å². The SMILES string of the molecule is CCNC(COCCOC(C)C)c1c(C)cc(C)cc1C. The van der Waals surface area contributed by atoms with Crippen LogP contribution in [0.1, 0.15) is 49.1 Å². The second-order valence-corrected chi connectivity index (χ2v) is 5.92. The lowest BCUT2D eigenvalue weighted by Gasteiger charge is -2.23. The molecule has 1 N–H and O–H groups in total. The van der Waals surface area contributed by atoms with Gasteiger partial charge in [-0.2, -0.15) is 0 Å². The fraction of sp³-hybridized carbons (Fsp3) is 0.667. The van der Waals surface area contributed by atoms with Crippen molar-refractivity contribution < 1.29 is 9.47 Å². The highest BCUT2D eigenvalue weighted by atomic mass is 16.5. The smallest absolute Gasteiger partial charge is 0.0703 e. The average Bonchev–Trinajstić information content (AvgIpc) is 2.36. The molecule has 120 valence electrons. The van der Waals surface area contributed by atoms with Gasteiger partial charge in [-0.3, -0.25) is 0 Å². The molecule has 0 bridgehead atoms. The molecule has 0 fully saturated rings. The van der Waals surface area contributed by atoms with E-state index in [0.717, 1.165) is 6.54 Å². The minimum atomic E-state index is 0.245. The number of likely N-dealkylation sites (N-methyl/N-ethyl adjacent to an activating group) is 1. The third kappa shape index (κ3) is 6.16. The molecule has 0 heterocycles. The van der Waals surface area contributed by atoms with E-state index in [0.29, 0.717) is 19.8 Å². The van der Waals surface area contributed by atoms with Gasteiger partial charge in [0.25, 0.3) is 0 Å². The van der Waals surface area contributed by atoms with Crippen molar-refractivity contribution in [3.8, 4) is 0 Å². The normalized spacial score (nSPS) is 12.9. The lowest BCUT2D eigenvalue weighted by atomic mass is 9.94. The summed E-state index contributed by atoms with van der Waals surface area (Å²) in [4.78, 5) is 0. The average molecular weight is 293 g/mol. The molecule has 0 saturated heterocycles. The predicted octanol–water partition coefficient (Wildman–Crippen LogP) is 3.70. The Labute approximate surface area is 130 Å². The van der Waals surface area contributed by atoms with E-state index in [1.54, 1.807) is 0 Å². The van der Waals surface area contributed by atoms with Crippen molar-refractivity contribution in [2.24, 2.45) is 0 Å². The van der Waals surface area contributed by atoms with Gasteiger partial charge in [-0.25, -0.2) is 0 Å². The molecular weight excluding hydrogens is 262 g/mol. The second-order valence-electron chi connectivity index (χ2n) is 5.92. The standard InChI is InChI=1S/C18H31NO2/c1-7-19-17(12-20-8-9-21-13(2)3)18-15(5)10-14(4)11-16(18)6/h10-11,13,17,19H,7-9,12H2,1-6H3. The van der Waals surface area contributed by atoms with Crippen LogP contribution >= 0.6 is 0 Å². The summed E-state index contributed by atoms with van der Waals surface area (Å²) < 4.78 is 11.3. The Bertz CT molecular complexity index is 406. The number of hydrogen-bond acceptors (Lipinski definition) is 3. The quantitative estimate of drug-likeness (QED) is 0.704. The zero-order valence-electron chi connectivity index (χ0n) is 14.5. The van der Waals surface area contributed by atoms with Crippen LogP contribution in [-0.2, 0) is 9.47 Å². The summed E-state index contributed by atoms with van der Waals surface area (Å²) in [7, 11) is 0. The third-order valence-electron chi connectivity index (χ3n) is 3.50. The molecule has 3 nitrogen and oxygen atoms in total. The highest BCUT2D eigenvalue weighted by Gasteiger charge is 2.16. The monoisotopic (exact) mass is 293 g/mol. The van der Waals surface area contributed by atoms with Gasteiger partial charge in [0.1, 0.15) is 0 Å². The predicted molar refractivity (Wildman–Crippen MR) is 89.0 cm³/mol. The molecule has 3 heteroatoms. The summed E-state index contributed by atoms with van der Waals surface area (Å²) >= 11 is 0. The molecule has 0 aliphatic heterocycles. The van der Waals surface area contributed by atoms with Gasteiger partial charge in [0.05, 0.1) is 32.0 Å². The molecule has 1 aromatic carbocycles. The van der Waals surface area contributed by atoms with E-state index in [9.17, 15) is 0 Å². The fourth-order valence-corrected chi connectivity index (χ4v) is 2.78. The van der Waals surface area contributed by atoms with E-state index in [2.05, 4.69) is 45.1 Å². The number of benzene rings is 1. The maximum atomic E-state index is 5.81. The van der Waals surface area contributed by atoms with Crippen molar-refractivity contribution in [2.45, 2.75) is 53.7 Å². The maximum Gasteiger partial charge on any atom is 0.0703 e. The van der Waals surface area contributed by atoms with Crippen LogP contribution < -0.4 is 5.32 Å². The number of aryl methyl sites for hydroxylation is 3. The zero-order valence-corrected chi connectivity index (χ0v) is 14.5. The Balaban J connectivity index is 2.65. The van der Waals surface area contributed by atoms with Crippen molar-refractivity contribution in [1.82, 2.24) is 5.32 Å². The van der Waals surface area contributed by atoms with E-state index < -0.39 is 0 Å². The summed E-state index contributed by atoms with van der Waals surface area (Å²) in [6.07, 6.45) is 0.264. The maximum absolute atomic E-state index is 5.81. The summed E-state index contributed by atoms with van der Waals surface area (Å²) in [5.41, 5.74) is 5.35. The third-order valence-corrected chi connectivity index (χ3v) is 3.50. The molecule has 1 aromatic rings. The van der Waals surface area contributed by atoms with E-state index >= 15 is 0 Å². The van der Waals surface area contributed by atoms with E-state index in [4.69, 9.17) is 9.47 Å². The zero-order chi connectivity index (χ0) is 15.8. The van der Waals surface area contributed by atoms with Crippen molar-refractivity contribution in [3.05, 3.63) is 34.4 Å². The number of rotatable bonds is 9. The number of nitrogens with one attached hydrogen (secondary N) is 1. The van der Waals surface area contributed by atoms with Gasteiger partial charge in [-0.15, -0.1) is 0 Å². The van der Waals surface area contributed by atoms with Crippen LogP contribution in [0.15, 0.2) is 12.1 Å². The van der Waals surface area contributed by atoms with Gasteiger partial charge in [0.15, 0.2) is 0 Å². The first-order valence-corrected chi connectivity index (χ1v) is 7.96. The second kappa shape index (κ2) is 9.19. The Morgan fingerprint density at radius 3 is 2.19 bits per heavy atom. The van der Waals surface area contributed by atoms with Gasteiger partial charge in [0.2, 0.25) is 0 Å². The molecule has 0 aromatic heterocycles. The summed E-state index contributed by atoms with van der Waals surface area (Å²) in [6.45, 7) is 15.6. The molecule has 1 rings (SSSR count). The Morgan fingerprint density at radius 1 is 1.05 bits per heavy atom. The number of ether oxygens (including phenoxy) is 2. The highest BCUT2D eigenvalue weighted by molar-refractivity contribution is 5.39. The van der Waals surface area contributed by atoms with Crippen LogP contribution in [0.2, 0.25) is 0 Å². The highest BCUT2D eigenvalue weighted by Crippen LogP contribution is 2.24. The first kappa shape index (κ1) is 18.1. The van der Waals surface area contributed by atoms with Crippen LogP contribution in [0.4, 0.5) is 0 Å². The lowest BCUT2D eigenvalue weighted by molar-refractivity contribution is 0.0137. The molecule has 0 amide bonds. The fourth-order valence-electron chi connectivity index (χ4n) is 2.78. The van der Waals surface area contributed by atoms with Gasteiger partial charge in [0, 0.05) is 0 Å². The van der Waals surface area contributed by atoms with Crippen LogP contribution in [0, 0.1) is 20.8 Å². The molecule has 21 heavy (non-hydrogen) atoms. The Kier molecular flexibility index (Phi) is 7.94. The molecule has 1 unspecified atom stereocenters. The van der Waals surface area contributed by atoms with Crippen LogP contribution in [0.3, 0.4) is 0 Å². The minimum absolute atomic E-state index is 0.245. The molecular formula is C18H31NO2. The van der Waals surface area contributed by atoms with E-state index in [1.807, 2.05) is 13.8 Å². The largest absolute Gasteiger partial charge is 0.377 e. The topological polar surface area (TPSA) is 30.5 Å². The molecule has 0 radical (unpaired) electrons. The van der Waals surface area contributed by atoms with Gasteiger partial charge >= 0.3 is 0 Å². The summed E-state index contributed by atoms with van der Waals surface area (Å²) in [5, 5.41) is 3.53. The number of hydrogen-bond donors (Lipinski definition) is 1. The Morgan fingerprint density at radius 2 is 1.67 bits per heavy atom. The molecule has 0 aliphatic carbocycles. The molecule has 0 aliphatic rings. The molecule has 0 saturated carbocycles. The first-order valence-electron chi connectivity index (χ1n) is 7.96. The Hall–Kier alpha value is -0.900. The minimum Gasteiger partial charge on any atom is -0.377 e. The van der Waals surface area contributed by atoms with Gasteiger partial charge < -0.3 is 14.8 Å². The van der Waals surface area contributed by atoms with E-state index in [1.165, 1.54) is 22.3 Å². The van der Waals surface area contributed by atoms with Crippen LogP contribution in [0.5, 0.6) is 0 Å². The molecule has 0 spiro atoms. The first-order chi connectivity index (χ1) is 9.95. The van der Waals surface area contributed by atoms with Crippen molar-refractivity contribution in [2.75, 3.05) is 26.4 Å². The lowest BCUT2D eigenvalue weighted by Crippen LogP contribution is -2.27. The summed E-state index contributed by atoms with van der Waals surface area (Å²) in [5.74, 6) is 0. The van der Waals surface area contributed by atoms with Gasteiger partial charge in [-0.1, -0.05) is 24.6 Å². The molecule has 1 atom stereocenters. The van der Waals surface area contributed by atoms with Gasteiger partial charge in [-0.05, 0) is 57.9 Å². The summed E-state index contributed by atoms with van der Waals surface area (Å²) in [6, 6.07) is 4.73. The van der Waals surface area contributed by atoms with E-state index in [-0.39, 0.29) is 12.1 Å². The van der Waals surface area contributed by atoms with Crippen molar-refractivity contribution in [1.29, 1.82) is 0 Å². The van der Waals surface area contributed by atoms with Crippen molar-refractivity contribution in [3.63, 3.8) is 0 Å². The van der Waals surface area contributed by atoms with Crippen molar-refractivity contribution >= 4 is 0 Å².